The van der Waals surface area contributed by atoms with E-state index in [9.17, 15) is 14.7 Å². The summed E-state index contributed by atoms with van der Waals surface area (Å²) >= 11 is 2.54. The van der Waals surface area contributed by atoms with E-state index in [-0.39, 0.29) is 5.57 Å². The van der Waals surface area contributed by atoms with Crippen molar-refractivity contribution in [2.75, 3.05) is 18.6 Å². The molecular formula is C25H20N2O5S2. The van der Waals surface area contributed by atoms with Crippen LogP contribution >= 0.6 is 22.7 Å². The van der Waals surface area contributed by atoms with Crippen molar-refractivity contribution in [3.8, 4) is 11.5 Å². The molecule has 0 aliphatic carbocycles. The fourth-order valence-electron chi connectivity index (χ4n) is 4.01. The van der Waals surface area contributed by atoms with Gasteiger partial charge in [0.15, 0.2) is 10.9 Å². The minimum atomic E-state index is -0.898. The molecule has 5 rings (SSSR count). The van der Waals surface area contributed by atoms with E-state index in [1.165, 1.54) is 34.7 Å². The van der Waals surface area contributed by atoms with Gasteiger partial charge in [0.25, 0.3) is 5.91 Å². The van der Waals surface area contributed by atoms with Crippen molar-refractivity contribution >= 4 is 49.7 Å². The molecule has 3 heterocycles. The van der Waals surface area contributed by atoms with Crippen LogP contribution in [0.4, 0.5) is 5.13 Å². The third kappa shape index (κ3) is 3.63. The molecule has 9 heteroatoms. The van der Waals surface area contributed by atoms with Gasteiger partial charge in [-0.15, -0.1) is 11.3 Å². The average Bonchev–Trinajstić information content (AvgIpc) is 3.58. The van der Waals surface area contributed by atoms with Crippen molar-refractivity contribution in [2.45, 2.75) is 13.0 Å². The number of carbonyl (C=O) groups excluding carboxylic acids is 2. The van der Waals surface area contributed by atoms with Crippen molar-refractivity contribution in [1.29, 1.82) is 0 Å². The van der Waals surface area contributed by atoms with Gasteiger partial charge in [0.1, 0.15) is 17.5 Å². The highest BCUT2D eigenvalue weighted by atomic mass is 32.1. The fraction of sp³-hybridized carbons (Fsp3) is 0.160. The zero-order valence-electron chi connectivity index (χ0n) is 18.3. The summed E-state index contributed by atoms with van der Waals surface area (Å²) in [7, 11) is 1.53. The Kier molecular flexibility index (Phi) is 5.80. The number of fused-ring (bicyclic) bond motifs is 1. The lowest BCUT2D eigenvalue weighted by molar-refractivity contribution is -0.117. The molecule has 7 nitrogen and oxygen atoms in total. The van der Waals surface area contributed by atoms with Gasteiger partial charge in [-0.2, -0.15) is 0 Å². The second-order valence-electron chi connectivity index (χ2n) is 7.45. The summed E-state index contributed by atoms with van der Waals surface area (Å²) in [4.78, 5) is 33.3. The lowest BCUT2D eigenvalue weighted by Gasteiger charge is -2.25. The van der Waals surface area contributed by atoms with Gasteiger partial charge in [0, 0.05) is 5.56 Å². The zero-order chi connectivity index (χ0) is 23.8. The number of aliphatic hydroxyl groups excluding tert-OH is 1. The standard InChI is InChI=1S/C25H20N2O5S2/c1-3-32-14-10-11-16-19(13-14)34-25(26-16)27-21(15-7-4-5-8-17(15)31-2)20(23(29)24(27)30)22(28)18-9-6-12-33-18/h4-13,21,29H,3H2,1-2H3. The highest BCUT2D eigenvalue weighted by molar-refractivity contribution is 7.22. The van der Waals surface area contributed by atoms with Gasteiger partial charge in [-0.1, -0.05) is 35.6 Å². The van der Waals surface area contributed by atoms with E-state index >= 15 is 0 Å². The molecule has 0 radical (unpaired) electrons. The fourth-order valence-corrected chi connectivity index (χ4v) is 5.71. The van der Waals surface area contributed by atoms with Crippen LogP contribution in [0.5, 0.6) is 11.5 Å². The van der Waals surface area contributed by atoms with Gasteiger partial charge in [-0.3, -0.25) is 14.5 Å². The first kappa shape index (κ1) is 22.1. The molecule has 0 spiro atoms. The molecule has 0 bridgehead atoms. The van der Waals surface area contributed by atoms with Crippen LogP contribution in [0, 0.1) is 0 Å². The molecule has 1 N–H and O–H groups in total. The number of Topliss-reactive ketones (excluding diaryl/α,β-unsaturated/α-hetero) is 1. The van der Waals surface area contributed by atoms with Gasteiger partial charge in [0.2, 0.25) is 5.78 Å². The van der Waals surface area contributed by atoms with Crippen LogP contribution < -0.4 is 14.4 Å². The first-order chi connectivity index (χ1) is 16.5. The van der Waals surface area contributed by atoms with E-state index in [4.69, 9.17) is 9.47 Å². The number of amides is 1. The highest BCUT2D eigenvalue weighted by Crippen LogP contribution is 2.46. The zero-order valence-corrected chi connectivity index (χ0v) is 20.0. The minimum Gasteiger partial charge on any atom is -0.503 e. The lowest BCUT2D eigenvalue weighted by Crippen LogP contribution is -2.31. The Morgan fingerprint density at radius 2 is 2.00 bits per heavy atom. The maximum Gasteiger partial charge on any atom is 0.296 e. The Morgan fingerprint density at radius 1 is 1.18 bits per heavy atom. The number of para-hydroxylation sites is 1. The van der Waals surface area contributed by atoms with E-state index in [2.05, 4.69) is 4.98 Å². The number of nitrogens with zero attached hydrogens (tertiary/aromatic N) is 2. The maximum absolute atomic E-state index is 13.5. The number of carbonyl (C=O) groups is 2. The van der Waals surface area contributed by atoms with Gasteiger partial charge in [-0.25, -0.2) is 4.98 Å². The quantitative estimate of drug-likeness (QED) is 0.340. The molecule has 1 unspecified atom stereocenters. The van der Waals surface area contributed by atoms with Gasteiger partial charge >= 0.3 is 0 Å². The SMILES string of the molecule is CCOc1ccc2nc(N3C(=O)C(O)=C(C(=O)c4cccs4)C3c3ccccc3OC)sc2c1. The number of aliphatic hydroxyl groups is 1. The van der Waals surface area contributed by atoms with Crippen molar-refractivity contribution in [1.82, 2.24) is 4.98 Å². The number of hydrogen-bond acceptors (Lipinski definition) is 8. The Balaban J connectivity index is 1.68. The smallest absolute Gasteiger partial charge is 0.296 e. The Hall–Kier alpha value is -3.69. The van der Waals surface area contributed by atoms with Gasteiger partial charge < -0.3 is 14.6 Å². The van der Waals surface area contributed by atoms with Crippen LogP contribution in [0.2, 0.25) is 0 Å². The Labute approximate surface area is 203 Å². The molecule has 0 saturated carbocycles. The summed E-state index contributed by atoms with van der Waals surface area (Å²) in [6.45, 7) is 2.44. The number of aromatic nitrogens is 1. The molecule has 0 saturated heterocycles. The molecule has 1 aliphatic rings. The third-order valence-corrected chi connectivity index (χ3v) is 7.38. The van der Waals surface area contributed by atoms with Crippen molar-refractivity contribution in [3.63, 3.8) is 0 Å². The highest BCUT2D eigenvalue weighted by Gasteiger charge is 2.47. The molecule has 1 aliphatic heterocycles. The van der Waals surface area contributed by atoms with Crippen LogP contribution in [0.1, 0.15) is 28.2 Å². The molecule has 4 aromatic rings. The number of methoxy groups -OCH3 is 1. The van der Waals surface area contributed by atoms with Crippen LogP contribution in [-0.4, -0.2) is 35.5 Å². The normalized spacial score (nSPS) is 15.9. The molecule has 1 atom stereocenters. The molecule has 2 aromatic heterocycles. The van der Waals surface area contributed by atoms with E-state index in [0.29, 0.717) is 39.2 Å². The van der Waals surface area contributed by atoms with Crippen LogP contribution in [0.3, 0.4) is 0 Å². The largest absolute Gasteiger partial charge is 0.503 e. The molecule has 1 amide bonds. The van der Waals surface area contributed by atoms with Crippen molar-refractivity contribution < 1.29 is 24.2 Å². The number of ketones is 1. The second-order valence-corrected chi connectivity index (χ2v) is 9.40. The van der Waals surface area contributed by atoms with E-state index in [1.807, 2.05) is 25.1 Å². The number of rotatable bonds is 7. The predicted octanol–water partition coefficient (Wildman–Crippen LogP) is 5.55. The van der Waals surface area contributed by atoms with E-state index in [0.717, 1.165) is 4.70 Å². The topological polar surface area (TPSA) is 89.0 Å². The summed E-state index contributed by atoms with van der Waals surface area (Å²) in [5.74, 6) is -0.465. The number of hydrogen-bond donors (Lipinski definition) is 1. The van der Waals surface area contributed by atoms with Crippen LogP contribution in [0.15, 0.2) is 71.3 Å². The molecule has 34 heavy (non-hydrogen) atoms. The third-order valence-electron chi connectivity index (χ3n) is 5.50. The first-order valence-electron chi connectivity index (χ1n) is 10.5. The molecular weight excluding hydrogens is 472 g/mol. The Morgan fingerprint density at radius 3 is 2.74 bits per heavy atom. The lowest BCUT2D eigenvalue weighted by atomic mass is 9.95. The van der Waals surface area contributed by atoms with E-state index < -0.39 is 23.5 Å². The predicted molar refractivity (Wildman–Crippen MR) is 132 cm³/mol. The van der Waals surface area contributed by atoms with Crippen molar-refractivity contribution in [3.05, 3.63) is 81.8 Å². The summed E-state index contributed by atoms with van der Waals surface area (Å²) in [5.41, 5.74) is 1.27. The maximum atomic E-state index is 13.5. The minimum absolute atomic E-state index is 0.00575. The van der Waals surface area contributed by atoms with Crippen molar-refractivity contribution in [2.24, 2.45) is 0 Å². The number of ether oxygens (including phenoxy) is 2. The number of thiophene rings is 1. The monoisotopic (exact) mass is 492 g/mol. The number of benzene rings is 2. The van der Waals surface area contributed by atoms with Crippen LogP contribution in [-0.2, 0) is 4.79 Å². The number of anilines is 1. The van der Waals surface area contributed by atoms with Gasteiger partial charge in [0.05, 0.1) is 34.4 Å². The van der Waals surface area contributed by atoms with E-state index in [1.54, 1.807) is 41.8 Å². The average molecular weight is 493 g/mol. The summed E-state index contributed by atoms with van der Waals surface area (Å²) in [5, 5.41) is 13.1. The van der Waals surface area contributed by atoms with Gasteiger partial charge in [-0.05, 0) is 42.6 Å². The summed E-state index contributed by atoms with van der Waals surface area (Å²) in [6.07, 6.45) is 0. The Bertz CT molecular complexity index is 1420. The number of thiazole rings is 1. The molecule has 0 fully saturated rings. The molecule has 2 aromatic carbocycles. The summed E-state index contributed by atoms with van der Waals surface area (Å²) in [6, 6.07) is 15.2. The molecule has 172 valence electrons. The van der Waals surface area contributed by atoms with Crippen LogP contribution in [0.25, 0.3) is 10.2 Å². The summed E-state index contributed by atoms with van der Waals surface area (Å²) < 4.78 is 12.0. The first-order valence-corrected chi connectivity index (χ1v) is 12.2. The second kappa shape index (κ2) is 8.92.